The highest BCUT2D eigenvalue weighted by molar-refractivity contribution is 6.20. The van der Waals surface area contributed by atoms with Crippen LogP contribution >= 0.6 is 0 Å². The van der Waals surface area contributed by atoms with Crippen molar-refractivity contribution in [2.45, 2.75) is 25.6 Å². The molecule has 1 heterocycles. The van der Waals surface area contributed by atoms with E-state index in [1.165, 1.54) is 36.1 Å². The standard InChI is InChI=1S/C27H23F3N4O3/c1-15(31-23(35)13-16-11-19(29)14-20(30)12-16)26(36)33-25-27(37)34(2)22-6-4-3-5-21(22)24(32-25)17-7-9-18(28)10-8-17/h3-12,14-15,25H,13H2,1-2H3,(H,31,35)(H,33,36)/t15-,25?/m0/s1. The number of carbonyl (C=O) groups is 3. The molecule has 190 valence electrons. The molecule has 0 spiro atoms. The van der Waals surface area contributed by atoms with Gasteiger partial charge >= 0.3 is 0 Å². The molecule has 2 atom stereocenters. The number of fused-ring (bicyclic) bond motifs is 1. The fourth-order valence-corrected chi connectivity index (χ4v) is 3.97. The van der Waals surface area contributed by atoms with Gasteiger partial charge in [0, 0.05) is 24.2 Å². The van der Waals surface area contributed by atoms with Crippen LogP contribution < -0.4 is 15.5 Å². The summed E-state index contributed by atoms with van der Waals surface area (Å²) in [6.45, 7) is 1.41. The summed E-state index contributed by atoms with van der Waals surface area (Å²) in [5.74, 6) is -3.93. The van der Waals surface area contributed by atoms with E-state index < -0.39 is 47.4 Å². The molecule has 0 saturated heterocycles. The molecular weight excluding hydrogens is 485 g/mol. The average Bonchev–Trinajstić information content (AvgIpc) is 2.94. The maximum Gasteiger partial charge on any atom is 0.272 e. The van der Waals surface area contributed by atoms with Crippen LogP contribution in [0, 0.1) is 17.5 Å². The SMILES string of the molecule is C[C@H](NC(=O)Cc1cc(F)cc(F)c1)C(=O)NC1N=C(c2ccc(F)cc2)c2ccccc2N(C)C1=O. The zero-order valence-corrected chi connectivity index (χ0v) is 20.0. The van der Waals surface area contributed by atoms with Gasteiger partial charge in [-0.2, -0.15) is 0 Å². The molecule has 0 aromatic heterocycles. The number of likely N-dealkylation sites (N-methyl/N-ethyl adjacent to an activating group) is 1. The third kappa shape index (κ3) is 5.85. The lowest BCUT2D eigenvalue weighted by Crippen LogP contribution is -2.52. The van der Waals surface area contributed by atoms with Gasteiger partial charge in [-0.1, -0.05) is 18.2 Å². The number of halogens is 3. The summed E-state index contributed by atoms with van der Waals surface area (Å²) < 4.78 is 40.3. The van der Waals surface area contributed by atoms with Crippen LogP contribution in [0.4, 0.5) is 18.9 Å². The molecule has 3 aromatic rings. The lowest BCUT2D eigenvalue weighted by molar-refractivity contribution is -0.130. The normalized spacial score (nSPS) is 15.8. The highest BCUT2D eigenvalue weighted by atomic mass is 19.1. The number of benzene rings is 3. The molecule has 1 unspecified atom stereocenters. The molecule has 1 aliphatic heterocycles. The first-order valence-corrected chi connectivity index (χ1v) is 11.4. The number of aliphatic imine (C=N–C) groups is 1. The summed E-state index contributed by atoms with van der Waals surface area (Å²) in [5.41, 5.74) is 2.19. The number of nitrogens with zero attached hydrogens (tertiary/aromatic N) is 2. The zero-order valence-electron chi connectivity index (χ0n) is 20.0. The topological polar surface area (TPSA) is 90.9 Å². The Labute approximate surface area is 211 Å². The minimum Gasteiger partial charge on any atom is -0.344 e. The maximum atomic E-state index is 13.5. The summed E-state index contributed by atoms with van der Waals surface area (Å²) in [5, 5.41) is 5.00. The molecule has 1 aliphatic rings. The van der Waals surface area contributed by atoms with E-state index in [-0.39, 0.29) is 12.0 Å². The Morgan fingerprint density at radius 1 is 0.973 bits per heavy atom. The van der Waals surface area contributed by atoms with E-state index in [1.807, 2.05) is 0 Å². The number of anilines is 1. The van der Waals surface area contributed by atoms with Crippen molar-refractivity contribution in [3.05, 3.63) is 101 Å². The van der Waals surface area contributed by atoms with E-state index in [0.717, 1.165) is 12.1 Å². The van der Waals surface area contributed by atoms with E-state index in [0.29, 0.717) is 28.6 Å². The summed E-state index contributed by atoms with van der Waals surface area (Å²) in [4.78, 5) is 44.3. The van der Waals surface area contributed by atoms with Crippen molar-refractivity contribution in [1.29, 1.82) is 0 Å². The number of para-hydroxylation sites is 1. The van der Waals surface area contributed by atoms with Crippen LogP contribution in [-0.2, 0) is 20.8 Å². The quantitative estimate of drug-likeness (QED) is 0.536. The minimum absolute atomic E-state index is 0.106. The van der Waals surface area contributed by atoms with Crippen molar-refractivity contribution in [3.8, 4) is 0 Å². The van der Waals surface area contributed by atoms with E-state index >= 15 is 0 Å². The number of hydrogen-bond acceptors (Lipinski definition) is 4. The van der Waals surface area contributed by atoms with Crippen LogP contribution in [0.1, 0.15) is 23.6 Å². The molecule has 2 N–H and O–H groups in total. The highest BCUT2D eigenvalue weighted by Gasteiger charge is 2.32. The number of amides is 3. The molecule has 0 aliphatic carbocycles. The molecule has 7 nitrogen and oxygen atoms in total. The second kappa shape index (κ2) is 10.7. The van der Waals surface area contributed by atoms with Gasteiger partial charge in [-0.15, -0.1) is 0 Å². The molecule has 4 rings (SSSR count). The Morgan fingerprint density at radius 2 is 1.62 bits per heavy atom. The van der Waals surface area contributed by atoms with Crippen LogP contribution in [0.5, 0.6) is 0 Å². The third-order valence-electron chi connectivity index (χ3n) is 5.80. The monoisotopic (exact) mass is 508 g/mol. The Morgan fingerprint density at radius 3 is 2.30 bits per heavy atom. The first-order valence-electron chi connectivity index (χ1n) is 11.4. The zero-order chi connectivity index (χ0) is 26.7. The number of nitrogens with one attached hydrogen (secondary N) is 2. The smallest absolute Gasteiger partial charge is 0.272 e. The molecule has 37 heavy (non-hydrogen) atoms. The van der Waals surface area contributed by atoms with Crippen LogP contribution in [0.2, 0.25) is 0 Å². The van der Waals surface area contributed by atoms with E-state index in [4.69, 9.17) is 0 Å². The van der Waals surface area contributed by atoms with Crippen LogP contribution in [0.3, 0.4) is 0 Å². The summed E-state index contributed by atoms with van der Waals surface area (Å²) in [6, 6.07) is 14.3. The van der Waals surface area contributed by atoms with Crippen molar-refractivity contribution in [2.24, 2.45) is 4.99 Å². The predicted octanol–water partition coefficient (Wildman–Crippen LogP) is 3.11. The van der Waals surface area contributed by atoms with Crippen molar-refractivity contribution in [2.75, 3.05) is 11.9 Å². The van der Waals surface area contributed by atoms with Gasteiger partial charge in [0.25, 0.3) is 5.91 Å². The number of rotatable bonds is 6. The Hall–Kier alpha value is -4.47. The lowest BCUT2D eigenvalue weighted by Gasteiger charge is -2.22. The Kier molecular flexibility index (Phi) is 7.37. The van der Waals surface area contributed by atoms with Crippen LogP contribution in [0.25, 0.3) is 0 Å². The van der Waals surface area contributed by atoms with Crippen molar-refractivity contribution >= 4 is 29.1 Å². The van der Waals surface area contributed by atoms with Gasteiger partial charge in [-0.25, -0.2) is 18.2 Å². The molecule has 0 fully saturated rings. The van der Waals surface area contributed by atoms with E-state index in [2.05, 4.69) is 15.6 Å². The molecule has 0 bridgehead atoms. The fraction of sp³-hybridized carbons (Fsp3) is 0.185. The molecule has 3 aromatic carbocycles. The fourth-order valence-electron chi connectivity index (χ4n) is 3.97. The molecular formula is C27H23F3N4O3. The average molecular weight is 509 g/mol. The number of hydrogen-bond donors (Lipinski definition) is 2. The predicted molar refractivity (Wildman–Crippen MR) is 131 cm³/mol. The molecule has 3 amide bonds. The van der Waals surface area contributed by atoms with E-state index in [9.17, 15) is 27.6 Å². The number of carbonyl (C=O) groups excluding carboxylic acids is 3. The van der Waals surface area contributed by atoms with Gasteiger partial charge < -0.3 is 15.5 Å². The van der Waals surface area contributed by atoms with Crippen molar-refractivity contribution in [3.63, 3.8) is 0 Å². The number of benzodiazepines with no additional fused rings is 1. The Balaban J connectivity index is 1.54. The van der Waals surface area contributed by atoms with E-state index in [1.54, 1.807) is 31.3 Å². The minimum atomic E-state index is -1.33. The van der Waals surface area contributed by atoms with Gasteiger partial charge in [0.15, 0.2) is 0 Å². The van der Waals surface area contributed by atoms with Gasteiger partial charge in [0.05, 0.1) is 17.8 Å². The second-order valence-electron chi connectivity index (χ2n) is 8.55. The third-order valence-corrected chi connectivity index (χ3v) is 5.80. The summed E-state index contributed by atoms with van der Waals surface area (Å²) >= 11 is 0. The molecule has 0 saturated carbocycles. The first kappa shape index (κ1) is 25.6. The second-order valence-corrected chi connectivity index (χ2v) is 8.55. The highest BCUT2D eigenvalue weighted by Crippen LogP contribution is 2.27. The lowest BCUT2D eigenvalue weighted by atomic mass is 10.0. The molecule has 0 radical (unpaired) electrons. The first-order chi connectivity index (χ1) is 17.6. The van der Waals surface area contributed by atoms with Gasteiger partial charge in [0.2, 0.25) is 18.0 Å². The van der Waals surface area contributed by atoms with Gasteiger partial charge in [0.1, 0.15) is 23.5 Å². The van der Waals surface area contributed by atoms with Crippen LogP contribution in [0.15, 0.2) is 71.7 Å². The van der Waals surface area contributed by atoms with Crippen LogP contribution in [-0.4, -0.2) is 42.7 Å². The Bertz CT molecular complexity index is 1370. The largest absolute Gasteiger partial charge is 0.344 e. The maximum absolute atomic E-state index is 13.5. The molecule has 10 heteroatoms. The summed E-state index contributed by atoms with van der Waals surface area (Å²) in [6.07, 6.45) is -1.68. The van der Waals surface area contributed by atoms with Crippen molar-refractivity contribution in [1.82, 2.24) is 10.6 Å². The van der Waals surface area contributed by atoms with Gasteiger partial charge in [-0.3, -0.25) is 14.4 Å². The van der Waals surface area contributed by atoms with Gasteiger partial charge in [-0.05, 0) is 55.0 Å². The summed E-state index contributed by atoms with van der Waals surface area (Å²) in [7, 11) is 1.55. The van der Waals surface area contributed by atoms with Crippen molar-refractivity contribution < 1.29 is 27.6 Å².